The standard InChI is InChI=1S/C23H19N3O3S2/c1-15-12-20(26-22(27)18-8-5-11-29-18)31-21(15)23(28)25-17-7-4-6-16(13-17)14-30-19-9-2-3-10-24-19/h2-13H,14H2,1H3,(H,25,28)(H,26,27). The van der Waals surface area contributed by atoms with Gasteiger partial charge in [-0.15, -0.1) is 23.1 Å². The Kier molecular flexibility index (Phi) is 6.49. The Hall–Kier alpha value is -3.36. The van der Waals surface area contributed by atoms with Crippen molar-refractivity contribution < 1.29 is 14.0 Å². The Bertz CT molecular complexity index is 1190. The number of hydrogen-bond donors (Lipinski definition) is 2. The fourth-order valence-electron chi connectivity index (χ4n) is 2.87. The van der Waals surface area contributed by atoms with Gasteiger partial charge in [0.1, 0.15) is 0 Å². The van der Waals surface area contributed by atoms with Gasteiger partial charge in [0.15, 0.2) is 5.76 Å². The predicted octanol–water partition coefficient (Wildman–Crippen LogP) is 5.84. The molecule has 3 aromatic heterocycles. The average Bonchev–Trinajstić information content (AvgIpc) is 3.43. The molecule has 2 amide bonds. The molecule has 4 aromatic rings. The first-order valence-electron chi connectivity index (χ1n) is 9.48. The number of benzene rings is 1. The Balaban J connectivity index is 1.40. The van der Waals surface area contributed by atoms with Gasteiger partial charge in [-0.25, -0.2) is 4.98 Å². The van der Waals surface area contributed by atoms with E-state index in [1.54, 1.807) is 36.2 Å². The number of hydrogen-bond acceptors (Lipinski definition) is 6. The summed E-state index contributed by atoms with van der Waals surface area (Å²) in [6.45, 7) is 1.84. The Morgan fingerprint density at radius 3 is 2.71 bits per heavy atom. The van der Waals surface area contributed by atoms with Crippen molar-refractivity contribution in [3.8, 4) is 0 Å². The molecule has 0 saturated carbocycles. The molecule has 0 radical (unpaired) electrons. The lowest BCUT2D eigenvalue weighted by atomic mass is 10.2. The minimum absolute atomic E-state index is 0.212. The number of thiophene rings is 1. The SMILES string of the molecule is Cc1cc(NC(=O)c2ccco2)sc1C(=O)Nc1cccc(CSc2ccccn2)c1. The molecule has 0 fully saturated rings. The van der Waals surface area contributed by atoms with Crippen LogP contribution in [0.1, 0.15) is 31.4 Å². The number of anilines is 2. The van der Waals surface area contributed by atoms with Crippen molar-refractivity contribution in [1.82, 2.24) is 4.98 Å². The van der Waals surface area contributed by atoms with Crippen molar-refractivity contribution >= 4 is 45.6 Å². The molecule has 31 heavy (non-hydrogen) atoms. The van der Waals surface area contributed by atoms with Gasteiger partial charge in [-0.2, -0.15) is 0 Å². The monoisotopic (exact) mass is 449 g/mol. The number of carbonyl (C=O) groups is 2. The molecule has 3 heterocycles. The lowest BCUT2D eigenvalue weighted by Crippen LogP contribution is -2.11. The molecule has 0 aliphatic heterocycles. The number of rotatable bonds is 7. The number of carbonyl (C=O) groups excluding carboxylic acids is 2. The van der Waals surface area contributed by atoms with Crippen molar-refractivity contribution in [1.29, 1.82) is 0 Å². The fraction of sp³-hybridized carbons (Fsp3) is 0.0870. The summed E-state index contributed by atoms with van der Waals surface area (Å²) in [6.07, 6.45) is 3.21. The lowest BCUT2D eigenvalue weighted by Gasteiger charge is -2.07. The number of pyridine rings is 1. The smallest absolute Gasteiger partial charge is 0.291 e. The van der Waals surface area contributed by atoms with Crippen LogP contribution in [0.5, 0.6) is 0 Å². The summed E-state index contributed by atoms with van der Waals surface area (Å²) in [7, 11) is 0. The van der Waals surface area contributed by atoms with E-state index in [4.69, 9.17) is 4.42 Å². The second kappa shape index (κ2) is 9.63. The molecule has 4 rings (SSSR count). The molecule has 2 N–H and O–H groups in total. The van der Waals surface area contributed by atoms with Crippen molar-refractivity contribution in [2.75, 3.05) is 10.6 Å². The van der Waals surface area contributed by atoms with E-state index in [2.05, 4.69) is 15.6 Å². The van der Waals surface area contributed by atoms with Gasteiger partial charge >= 0.3 is 0 Å². The molecule has 6 nitrogen and oxygen atoms in total. The van der Waals surface area contributed by atoms with Crippen LogP contribution in [0.25, 0.3) is 0 Å². The summed E-state index contributed by atoms with van der Waals surface area (Å²) >= 11 is 2.86. The highest BCUT2D eigenvalue weighted by Crippen LogP contribution is 2.28. The van der Waals surface area contributed by atoms with Crippen LogP contribution < -0.4 is 10.6 Å². The Morgan fingerprint density at radius 2 is 1.94 bits per heavy atom. The summed E-state index contributed by atoms with van der Waals surface area (Å²) in [5.41, 5.74) is 2.60. The van der Waals surface area contributed by atoms with E-state index in [9.17, 15) is 9.59 Å². The topological polar surface area (TPSA) is 84.2 Å². The van der Waals surface area contributed by atoms with Crippen molar-refractivity contribution in [3.63, 3.8) is 0 Å². The van der Waals surface area contributed by atoms with Gasteiger partial charge in [0.25, 0.3) is 11.8 Å². The first kappa shape index (κ1) is 20.9. The number of thioether (sulfide) groups is 1. The summed E-state index contributed by atoms with van der Waals surface area (Å²) in [5.74, 6) is 0.408. The molecule has 1 aromatic carbocycles. The van der Waals surface area contributed by atoms with Crippen LogP contribution in [0.15, 0.2) is 82.6 Å². The van der Waals surface area contributed by atoms with Gasteiger partial charge in [-0.05, 0) is 60.5 Å². The van der Waals surface area contributed by atoms with Crippen molar-refractivity contribution in [2.24, 2.45) is 0 Å². The van der Waals surface area contributed by atoms with Gasteiger partial charge in [0.2, 0.25) is 0 Å². The number of aromatic nitrogens is 1. The maximum Gasteiger partial charge on any atom is 0.291 e. The molecular weight excluding hydrogens is 430 g/mol. The fourth-order valence-corrected chi connectivity index (χ4v) is 4.63. The van der Waals surface area contributed by atoms with E-state index in [1.165, 1.54) is 17.6 Å². The van der Waals surface area contributed by atoms with Crippen molar-refractivity contribution in [2.45, 2.75) is 17.7 Å². The number of aryl methyl sites for hydroxylation is 1. The van der Waals surface area contributed by atoms with Gasteiger partial charge in [0.05, 0.1) is 21.2 Å². The zero-order valence-corrected chi connectivity index (χ0v) is 18.3. The predicted molar refractivity (Wildman–Crippen MR) is 124 cm³/mol. The van der Waals surface area contributed by atoms with E-state index in [-0.39, 0.29) is 17.6 Å². The molecule has 0 aliphatic carbocycles. The third-order valence-corrected chi connectivity index (χ3v) is 6.48. The summed E-state index contributed by atoms with van der Waals surface area (Å²) in [5, 5.41) is 7.25. The van der Waals surface area contributed by atoms with Crippen LogP contribution in [-0.4, -0.2) is 16.8 Å². The van der Waals surface area contributed by atoms with Crippen LogP contribution in [0.3, 0.4) is 0 Å². The molecular formula is C23H19N3O3S2. The molecule has 0 saturated heterocycles. The molecule has 8 heteroatoms. The molecule has 0 atom stereocenters. The van der Waals surface area contributed by atoms with Crippen LogP contribution in [0.2, 0.25) is 0 Å². The highest BCUT2D eigenvalue weighted by molar-refractivity contribution is 7.98. The van der Waals surface area contributed by atoms with Crippen molar-refractivity contribution in [3.05, 3.63) is 94.9 Å². The first-order chi connectivity index (χ1) is 15.1. The van der Waals surface area contributed by atoms with Gasteiger partial charge in [-0.1, -0.05) is 18.2 Å². The van der Waals surface area contributed by atoms with E-state index < -0.39 is 0 Å². The van der Waals surface area contributed by atoms with E-state index in [1.807, 2.05) is 49.4 Å². The molecule has 0 spiro atoms. The van der Waals surface area contributed by atoms with Crippen LogP contribution >= 0.6 is 23.1 Å². The highest BCUT2D eigenvalue weighted by atomic mass is 32.2. The second-order valence-corrected chi connectivity index (χ2v) is 8.71. The van der Waals surface area contributed by atoms with Gasteiger partial charge in [0, 0.05) is 17.6 Å². The maximum absolute atomic E-state index is 12.8. The minimum atomic E-state index is -0.351. The van der Waals surface area contributed by atoms with Gasteiger partial charge < -0.3 is 15.1 Å². The normalized spacial score (nSPS) is 10.6. The van der Waals surface area contributed by atoms with Gasteiger partial charge in [-0.3, -0.25) is 9.59 Å². The number of furan rings is 1. The maximum atomic E-state index is 12.8. The third kappa shape index (κ3) is 5.42. The lowest BCUT2D eigenvalue weighted by molar-refractivity contribution is 0.0995. The van der Waals surface area contributed by atoms with Crippen LogP contribution in [0, 0.1) is 6.92 Å². The highest BCUT2D eigenvalue weighted by Gasteiger charge is 2.17. The summed E-state index contributed by atoms with van der Waals surface area (Å²) in [6, 6.07) is 18.6. The molecule has 0 bridgehead atoms. The van der Waals surface area contributed by atoms with E-state index in [0.717, 1.165) is 27.6 Å². The third-order valence-electron chi connectivity index (χ3n) is 4.32. The average molecular weight is 450 g/mol. The number of nitrogens with one attached hydrogen (secondary N) is 2. The molecule has 0 unspecified atom stereocenters. The first-order valence-corrected chi connectivity index (χ1v) is 11.3. The number of nitrogens with zero attached hydrogens (tertiary/aromatic N) is 1. The van der Waals surface area contributed by atoms with E-state index in [0.29, 0.717) is 9.88 Å². The van der Waals surface area contributed by atoms with E-state index >= 15 is 0 Å². The van der Waals surface area contributed by atoms with Crippen LogP contribution in [0.4, 0.5) is 10.7 Å². The zero-order chi connectivity index (χ0) is 21.6. The van der Waals surface area contributed by atoms with Crippen LogP contribution in [-0.2, 0) is 5.75 Å². The quantitative estimate of drug-likeness (QED) is 0.346. The Morgan fingerprint density at radius 1 is 1.03 bits per heavy atom. The molecule has 156 valence electrons. The zero-order valence-electron chi connectivity index (χ0n) is 16.6. The number of amides is 2. The minimum Gasteiger partial charge on any atom is -0.459 e. The largest absolute Gasteiger partial charge is 0.459 e. The molecule has 0 aliphatic rings. The summed E-state index contributed by atoms with van der Waals surface area (Å²) < 4.78 is 5.10. The summed E-state index contributed by atoms with van der Waals surface area (Å²) in [4.78, 5) is 29.8. The Labute approximate surface area is 187 Å². The second-order valence-electron chi connectivity index (χ2n) is 6.67.